The van der Waals surface area contributed by atoms with Crippen LogP contribution in [0.5, 0.6) is 11.5 Å². The number of allylic oxidation sites excluding steroid dienone is 2. The molecule has 8 heteroatoms. The number of anilines is 1. The Morgan fingerprint density at radius 2 is 1.97 bits per heavy atom. The van der Waals surface area contributed by atoms with Gasteiger partial charge in [-0.15, -0.1) is 0 Å². The summed E-state index contributed by atoms with van der Waals surface area (Å²) >= 11 is 0. The van der Waals surface area contributed by atoms with Crippen LogP contribution in [-0.4, -0.2) is 44.2 Å². The molecular weight excluding hydrogens is 414 g/mol. The van der Waals surface area contributed by atoms with Gasteiger partial charge < -0.3 is 25.7 Å². The molecule has 1 spiro atoms. The van der Waals surface area contributed by atoms with Gasteiger partial charge >= 0.3 is 5.97 Å². The quantitative estimate of drug-likeness (QED) is 0.349. The van der Waals surface area contributed by atoms with Gasteiger partial charge in [0, 0.05) is 17.3 Å². The maximum atomic E-state index is 13.0. The molecule has 32 heavy (non-hydrogen) atoms. The van der Waals surface area contributed by atoms with Crippen LogP contribution in [0.3, 0.4) is 0 Å². The number of ketones is 1. The molecule has 1 aromatic rings. The number of amides is 1. The Balaban J connectivity index is 1.54. The van der Waals surface area contributed by atoms with Crippen molar-refractivity contribution in [2.75, 3.05) is 5.32 Å². The van der Waals surface area contributed by atoms with E-state index in [-0.39, 0.29) is 36.1 Å². The van der Waals surface area contributed by atoms with Crippen LogP contribution in [-0.2, 0) is 9.59 Å². The van der Waals surface area contributed by atoms with Crippen molar-refractivity contribution in [2.45, 2.75) is 45.1 Å². The minimum atomic E-state index is -1.40. The number of aromatic carboxylic acids is 1. The molecule has 1 aromatic carbocycles. The maximum Gasteiger partial charge on any atom is 0.339 e. The average molecular weight is 441 g/mol. The average Bonchev–Trinajstić information content (AvgIpc) is 2.73. The highest BCUT2D eigenvalue weighted by Gasteiger charge is 2.61. The molecule has 0 unspecified atom stereocenters. The van der Waals surface area contributed by atoms with Crippen LogP contribution in [0.1, 0.15) is 49.4 Å². The largest absolute Gasteiger partial charge is 0.506 e. The SMILES string of the molecule is C=C1C[C@@]23C=CC(=O)[C@@](C)(CCC(=O)Nc4c(O)ccc(C(=O)O)c4O)[C@@H]2C[C@@H]1C[C@H]3O. The summed E-state index contributed by atoms with van der Waals surface area (Å²) in [6.45, 7) is 5.99. The molecule has 5 rings (SSSR count). The molecule has 170 valence electrons. The van der Waals surface area contributed by atoms with Gasteiger partial charge in [0.1, 0.15) is 17.0 Å². The molecular formula is C24H27NO7. The number of phenols is 2. The van der Waals surface area contributed by atoms with Crippen molar-refractivity contribution >= 4 is 23.3 Å². The van der Waals surface area contributed by atoms with E-state index in [1.807, 2.05) is 13.0 Å². The van der Waals surface area contributed by atoms with E-state index in [0.717, 1.165) is 24.1 Å². The molecule has 5 atom stereocenters. The number of carboxylic acid groups (broad SMARTS) is 1. The van der Waals surface area contributed by atoms with E-state index < -0.39 is 45.9 Å². The van der Waals surface area contributed by atoms with Crippen LogP contribution >= 0.6 is 0 Å². The summed E-state index contributed by atoms with van der Waals surface area (Å²) in [6.07, 6.45) is 4.89. The van der Waals surface area contributed by atoms with Crippen molar-refractivity contribution in [1.82, 2.24) is 0 Å². The first-order chi connectivity index (χ1) is 15.0. The van der Waals surface area contributed by atoms with E-state index in [4.69, 9.17) is 5.11 Å². The maximum absolute atomic E-state index is 13.0. The van der Waals surface area contributed by atoms with Crippen LogP contribution in [0.25, 0.3) is 0 Å². The van der Waals surface area contributed by atoms with Crippen LogP contribution in [0.2, 0.25) is 0 Å². The number of carbonyl (C=O) groups is 3. The number of aromatic hydroxyl groups is 2. The van der Waals surface area contributed by atoms with Gasteiger partial charge in [-0.3, -0.25) is 9.59 Å². The van der Waals surface area contributed by atoms with E-state index in [9.17, 15) is 29.7 Å². The number of aliphatic hydroxyl groups is 1. The number of carboxylic acids is 1. The van der Waals surface area contributed by atoms with Crippen molar-refractivity contribution < 1.29 is 34.8 Å². The normalized spacial score (nSPS) is 33.1. The lowest BCUT2D eigenvalue weighted by molar-refractivity contribution is -0.148. The summed E-state index contributed by atoms with van der Waals surface area (Å²) in [6, 6.07) is 2.11. The molecule has 3 saturated carbocycles. The fourth-order valence-electron chi connectivity index (χ4n) is 5.91. The van der Waals surface area contributed by atoms with Crippen molar-refractivity contribution in [3.63, 3.8) is 0 Å². The molecule has 1 amide bonds. The van der Waals surface area contributed by atoms with E-state index in [1.54, 1.807) is 0 Å². The third-order valence-electron chi connectivity index (χ3n) is 7.81. The van der Waals surface area contributed by atoms with Crippen molar-refractivity contribution in [2.24, 2.45) is 22.7 Å². The van der Waals surface area contributed by atoms with Gasteiger partial charge in [0.05, 0.1) is 6.10 Å². The van der Waals surface area contributed by atoms with Crippen LogP contribution in [0.15, 0.2) is 36.4 Å². The number of phenolic OH excluding ortho intramolecular Hbond substituents is 1. The van der Waals surface area contributed by atoms with E-state index in [0.29, 0.717) is 12.8 Å². The third-order valence-corrected chi connectivity index (χ3v) is 7.81. The summed E-state index contributed by atoms with van der Waals surface area (Å²) < 4.78 is 0. The molecule has 3 fully saturated rings. The summed E-state index contributed by atoms with van der Waals surface area (Å²) in [5.74, 6) is -3.24. The fraction of sp³-hybridized carbons (Fsp3) is 0.458. The summed E-state index contributed by atoms with van der Waals surface area (Å²) in [5.41, 5.74) is -1.16. The van der Waals surface area contributed by atoms with Gasteiger partial charge in [0.2, 0.25) is 5.91 Å². The molecule has 0 saturated heterocycles. The molecule has 5 N–H and O–H groups in total. The Labute approximate surface area is 185 Å². The Hall–Kier alpha value is -3.13. The van der Waals surface area contributed by atoms with E-state index in [2.05, 4.69) is 11.9 Å². The first-order valence-corrected chi connectivity index (χ1v) is 10.7. The number of carbonyl (C=O) groups excluding carboxylic acids is 2. The molecule has 8 nitrogen and oxygen atoms in total. The standard InChI is InChI=1S/C24H27NO7/c1-12-11-24-8-5-17(27)23(2,16(24)9-13(12)10-18(24)28)7-6-19(29)25-20-15(26)4-3-14(21(20)30)22(31)32/h3-5,8,13,16,18,26,28,30H,1,6-7,9-11H2,2H3,(H,25,29)(H,31,32)/t13-,16+,18-,23+,24+/m1/s1. The Kier molecular flexibility index (Phi) is 5.16. The second-order valence-corrected chi connectivity index (χ2v) is 9.51. The number of benzene rings is 1. The molecule has 2 bridgehead atoms. The van der Waals surface area contributed by atoms with Crippen LogP contribution < -0.4 is 5.32 Å². The number of nitrogens with one attached hydrogen (secondary N) is 1. The van der Waals surface area contributed by atoms with Crippen molar-refractivity contribution in [3.05, 3.63) is 42.0 Å². The van der Waals surface area contributed by atoms with Gasteiger partial charge in [0.15, 0.2) is 11.5 Å². The van der Waals surface area contributed by atoms with E-state index >= 15 is 0 Å². The molecule has 0 aliphatic heterocycles. The van der Waals surface area contributed by atoms with Gasteiger partial charge in [-0.05, 0) is 55.7 Å². The zero-order valence-corrected chi connectivity index (χ0v) is 17.8. The summed E-state index contributed by atoms with van der Waals surface area (Å²) in [7, 11) is 0. The van der Waals surface area contributed by atoms with Crippen LogP contribution in [0, 0.1) is 22.7 Å². The molecule has 4 aliphatic rings. The highest BCUT2D eigenvalue weighted by atomic mass is 16.4. The predicted molar refractivity (Wildman–Crippen MR) is 115 cm³/mol. The minimum absolute atomic E-state index is 0.0828. The molecule has 4 aliphatic carbocycles. The first-order valence-electron chi connectivity index (χ1n) is 10.7. The fourth-order valence-corrected chi connectivity index (χ4v) is 5.91. The number of hydrogen-bond acceptors (Lipinski definition) is 6. The lowest BCUT2D eigenvalue weighted by Gasteiger charge is -2.61. The summed E-state index contributed by atoms with van der Waals surface area (Å²) in [4.78, 5) is 36.8. The van der Waals surface area contributed by atoms with E-state index in [1.165, 1.54) is 6.08 Å². The topological polar surface area (TPSA) is 144 Å². The Morgan fingerprint density at radius 3 is 2.66 bits per heavy atom. The second-order valence-electron chi connectivity index (χ2n) is 9.51. The van der Waals surface area contributed by atoms with Crippen molar-refractivity contribution in [1.29, 1.82) is 0 Å². The number of fused-ring (bicyclic) bond motifs is 2. The highest BCUT2D eigenvalue weighted by molar-refractivity contribution is 6.00. The minimum Gasteiger partial charge on any atom is -0.506 e. The van der Waals surface area contributed by atoms with Crippen LogP contribution in [0.4, 0.5) is 5.69 Å². The monoisotopic (exact) mass is 441 g/mol. The lowest BCUT2D eigenvalue weighted by Crippen LogP contribution is -2.59. The number of hydrogen-bond donors (Lipinski definition) is 5. The van der Waals surface area contributed by atoms with Gasteiger partial charge in [0.25, 0.3) is 0 Å². The molecule has 0 aromatic heterocycles. The smallest absolute Gasteiger partial charge is 0.339 e. The first kappa shape index (κ1) is 22.1. The molecule has 0 heterocycles. The zero-order valence-electron chi connectivity index (χ0n) is 17.8. The van der Waals surface area contributed by atoms with Gasteiger partial charge in [-0.25, -0.2) is 4.79 Å². The Morgan fingerprint density at radius 1 is 1.25 bits per heavy atom. The number of rotatable bonds is 5. The predicted octanol–water partition coefficient (Wildman–Crippen LogP) is 2.99. The second kappa shape index (κ2) is 7.48. The summed E-state index contributed by atoms with van der Waals surface area (Å²) in [5, 5.41) is 42.4. The van der Waals surface area contributed by atoms with Crippen molar-refractivity contribution in [3.8, 4) is 11.5 Å². The lowest BCUT2D eigenvalue weighted by atomic mass is 9.43. The Bertz CT molecular complexity index is 1060. The third kappa shape index (κ3) is 3.21. The van der Waals surface area contributed by atoms with Gasteiger partial charge in [-0.2, -0.15) is 0 Å². The van der Waals surface area contributed by atoms with Gasteiger partial charge in [-0.1, -0.05) is 25.2 Å². The molecule has 0 radical (unpaired) electrons. The zero-order chi connectivity index (χ0) is 23.4. The number of aliphatic hydroxyl groups excluding tert-OH is 1. The highest BCUT2D eigenvalue weighted by Crippen LogP contribution is 2.64.